The Morgan fingerprint density at radius 1 is 1.10 bits per heavy atom. The number of carboxylic acids is 2. The number of aliphatic carboxylic acids is 2. The van der Waals surface area contributed by atoms with E-state index in [2.05, 4.69) is 4.74 Å². The summed E-state index contributed by atoms with van der Waals surface area (Å²) in [5.41, 5.74) is 0. The molecule has 10 heavy (non-hydrogen) atoms. The predicted molar refractivity (Wildman–Crippen MR) is 29.0 cm³/mol. The molecule has 2 atom stereocenters. The molecule has 0 bridgehead atoms. The van der Waals surface area contributed by atoms with E-state index in [9.17, 15) is 9.59 Å². The molecule has 1 rings (SSSR count). The Hall–Kier alpha value is -1.14. The molecule has 0 aromatic heterocycles. The lowest BCUT2D eigenvalue weighted by Gasteiger charge is -1.78. The molecular weight excluding hydrogens is 142 g/mol. The summed E-state index contributed by atoms with van der Waals surface area (Å²) in [7, 11) is 0. The minimum Gasteiger partial charge on any atom is -0.479 e. The second-order valence-electron chi connectivity index (χ2n) is 1.65. The maximum atomic E-state index is 9.89. The molecule has 6 nitrogen and oxygen atoms in total. The third kappa shape index (κ3) is 1.42. The van der Waals surface area contributed by atoms with Crippen LogP contribution < -0.4 is 6.15 Å². The Bertz CT molecular complexity index is 149. The zero-order valence-electron chi connectivity index (χ0n) is 4.98. The van der Waals surface area contributed by atoms with E-state index in [1.54, 1.807) is 0 Å². The van der Waals surface area contributed by atoms with Crippen molar-refractivity contribution in [2.75, 3.05) is 0 Å². The van der Waals surface area contributed by atoms with Gasteiger partial charge in [-0.25, -0.2) is 9.59 Å². The fraction of sp³-hybridized carbons (Fsp3) is 0.500. The van der Waals surface area contributed by atoms with Crippen molar-refractivity contribution >= 4 is 11.9 Å². The van der Waals surface area contributed by atoms with Crippen LogP contribution in [0.3, 0.4) is 0 Å². The van der Waals surface area contributed by atoms with Crippen molar-refractivity contribution in [1.29, 1.82) is 0 Å². The Labute approximate surface area is 56.0 Å². The first-order valence-electron chi connectivity index (χ1n) is 2.24. The van der Waals surface area contributed by atoms with E-state index < -0.39 is 24.1 Å². The first-order valence-corrected chi connectivity index (χ1v) is 2.24. The Morgan fingerprint density at radius 2 is 1.40 bits per heavy atom. The van der Waals surface area contributed by atoms with Gasteiger partial charge < -0.3 is 21.1 Å². The third-order valence-electron chi connectivity index (χ3n) is 0.978. The smallest absolute Gasteiger partial charge is 0.336 e. The normalized spacial score (nSPS) is 28.4. The lowest BCUT2D eigenvalue weighted by atomic mass is 10.3. The molecule has 1 saturated heterocycles. The van der Waals surface area contributed by atoms with Crippen LogP contribution in [0.1, 0.15) is 0 Å². The van der Waals surface area contributed by atoms with Gasteiger partial charge in [0, 0.05) is 0 Å². The molecule has 0 aliphatic carbocycles. The van der Waals surface area contributed by atoms with Crippen molar-refractivity contribution in [1.82, 2.24) is 6.15 Å². The summed E-state index contributed by atoms with van der Waals surface area (Å²) in [6.45, 7) is 0. The van der Waals surface area contributed by atoms with E-state index >= 15 is 0 Å². The molecule has 0 spiro atoms. The SMILES string of the molecule is N.O=C(O)[C@H]1O[C@H]1C(=O)O. The van der Waals surface area contributed by atoms with Crippen molar-refractivity contribution in [3.05, 3.63) is 0 Å². The lowest BCUT2D eigenvalue weighted by molar-refractivity contribution is -0.140. The molecule has 1 fully saturated rings. The standard InChI is InChI=1S/C4H4O5.H3N/c5-3(6)1-2(9-1)4(7)8;/h1-2H,(H,5,6)(H,7,8);1H3/t1-,2+;. The molecule has 0 amide bonds. The first kappa shape index (κ1) is 8.86. The fourth-order valence-electron chi connectivity index (χ4n) is 0.488. The predicted octanol–water partition coefficient (Wildman–Crippen LogP) is -0.915. The van der Waals surface area contributed by atoms with Gasteiger partial charge in [0.2, 0.25) is 0 Å². The average Bonchev–Trinajstić information content (AvgIpc) is 2.39. The molecule has 1 aliphatic rings. The topological polar surface area (TPSA) is 122 Å². The second kappa shape index (κ2) is 2.63. The van der Waals surface area contributed by atoms with E-state index in [-0.39, 0.29) is 6.15 Å². The maximum absolute atomic E-state index is 9.89. The monoisotopic (exact) mass is 149 g/mol. The van der Waals surface area contributed by atoms with Gasteiger partial charge in [0.1, 0.15) is 0 Å². The van der Waals surface area contributed by atoms with Gasteiger partial charge in [-0.3, -0.25) is 0 Å². The van der Waals surface area contributed by atoms with Crippen LogP contribution in [0, 0.1) is 0 Å². The maximum Gasteiger partial charge on any atom is 0.336 e. The lowest BCUT2D eigenvalue weighted by Crippen LogP contribution is -2.14. The molecule has 0 radical (unpaired) electrons. The number of rotatable bonds is 2. The van der Waals surface area contributed by atoms with Crippen LogP contribution in [0.15, 0.2) is 0 Å². The molecule has 0 unspecified atom stereocenters. The second-order valence-corrected chi connectivity index (χ2v) is 1.65. The van der Waals surface area contributed by atoms with Gasteiger partial charge in [-0.05, 0) is 0 Å². The van der Waals surface area contributed by atoms with E-state index in [4.69, 9.17) is 10.2 Å². The van der Waals surface area contributed by atoms with Gasteiger partial charge >= 0.3 is 11.9 Å². The van der Waals surface area contributed by atoms with Crippen LogP contribution in [-0.4, -0.2) is 34.4 Å². The van der Waals surface area contributed by atoms with Crippen LogP contribution in [0.2, 0.25) is 0 Å². The highest BCUT2D eigenvalue weighted by Gasteiger charge is 2.50. The molecule has 0 aromatic carbocycles. The van der Waals surface area contributed by atoms with Gasteiger partial charge in [0.05, 0.1) is 0 Å². The summed E-state index contributed by atoms with van der Waals surface area (Å²) in [4.78, 5) is 19.8. The highest BCUT2D eigenvalue weighted by molar-refractivity contribution is 5.87. The van der Waals surface area contributed by atoms with Crippen LogP contribution in [0.25, 0.3) is 0 Å². The molecule has 5 N–H and O–H groups in total. The van der Waals surface area contributed by atoms with E-state index in [1.165, 1.54) is 0 Å². The van der Waals surface area contributed by atoms with E-state index in [0.717, 1.165) is 0 Å². The number of hydrogen-bond donors (Lipinski definition) is 3. The minimum atomic E-state index is -1.22. The van der Waals surface area contributed by atoms with Crippen molar-refractivity contribution in [2.45, 2.75) is 12.2 Å². The minimum absolute atomic E-state index is 0. The molecule has 58 valence electrons. The van der Waals surface area contributed by atoms with E-state index in [1.807, 2.05) is 0 Å². The largest absolute Gasteiger partial charge is 0.479 e. The number of epoxide rings is 1. The Balaban J connectivity index is 0.000000810. The highest BCUT2D eigenvalue weighted by atomic mass is 16.6. The first-order chi connectivity index (χ1) is 4.13. The van der Waals surface area contributed by atoms with Crippen molar-refractivity contribution in [2.24, 2.45) is 0 Å². The molecule has 1 heterocycles. The van der Waals surface area contributed by atoms with Gasteiger partial charge in [-0.2, -0.15) is 0 Å². The van der Waals surface area contributed by atoms with Crippen molar-refractivity contribution in [3.63, 3.8) is 0 Å². The third-order valence-corrected chi connectivity index (χ3v) is 0.978. The zero-order chi connectivity index (χ0) is 7.02. The number of carboxylic acid groups (broad SMARTS) is 2. The van der Waals surface area contributed by atoms with Crippen molar-refractivity contribution < 1.29 is 24.5 Å². The van der Waals surface area contributed by atoms with Gasteiger partial charge in [-0.1, -0.05) is 0 Å². The zero-order valence-corrected chi connectivity index (χ0v) is 4.98. The molecule has 6 heteroatoms. The summed E-state index contributed by atoms with van der Waals surface area (Å²) >= 11 is 0. The quantitative estimate of drug-likeness (QED) is 0.436. The van der Waals surface area contributed by atoms with Crippen LogP contribution in [0.4, 0.5) is 0 Å². The number of ether oxygens (including phenoxy) is 1. The Morgan fingerprint density at radius 3 is 1.50 bits per heavy atom. The van der Waals surface area contributed by atoms with Crippen molar-refractivity contribution in [3.8, 4) is 0 Å². The average molecular weight is 149 g/mol. The summed E-state index contributed by atoms with van der Waals surface area (Å²) in [6.07, 6.45) is -2.25. The summed E-state index contributed by atoms with van der Waals surface area (Å²) in [6, 6.07) is 0. The van der Waals surface area contributed by atoms with Crippen LogP contribution in [0.5, 0.6) is 0 Å². The summed E-state index contributed by atoms with van der Waals surface area (Å²) in [5.74, 6) is -2.44. The summed E-state index contributed by atoms with van der Waals surface area (Å²) < 4.78 is 4.24. The number of hydrogen-bond acceptors (Lipinski definition) is 4. The number of carbonyl (C=O) groups is 2. The molecular formula is C4H7NO5. The molecule has 1 aliphatic heterocycles. The molecule has 0 saturated carbocycles. The molecule has 0 aromatic rings. The fourth-order valence-corrected chi connectivity index (χ4v) is 0.488. The Kier molecular flexibility index (Phi) is 2.33. The van der Waals surface area contributed by atoms with Crippen LogP contribution in [-0.2, 0) is 14.3 Å². The van der Waals surface area contributed by atoms with E-state index in [0.29, 0.717) is 0 Å². The van der Waals surface area contributed by atoms with Gasteiger partial charge in [0.25, 0.3) is 0 Å². The summed E-state index contributed by atoms with van der Waals surface area (Å²) in [5, 5.41) is 16.2. The van der Waals surface area contributed by atoms with Gasteiger partial charge in [0.15, 0.2) is 12.2 Å². The highest BCUT2D eigenvalue weighted by Crippen LogP contribution is 2.21. The van der Waals surface area contributed by atoms with Gasteiger partial charge in [-0.15, -0.1) is 0 Å². The van der Waals surface area contributed by atoms with Crippen LogP contribution >= 0.6 is 0 Å².